The Morgan fingerprint density at radius 1 is 1.00 bits per heavy atom. The molecule has 0 fully saturated rings. The van der Waals surface area contributed by atoms with Crippen LogP contribution in [0.3, 0.4) is 0 Å². The molecule has 0 heterocycles. The number of halogens is 4. The molecule has 2 N–H and O–H groups in total. The van der Waals surface area contributed by atoms with Crippen molar-refractivity contribution in [2.24, 2.45) is 0 Å². The first-order valence-electron chi connectivity index (χ1n) is 6.47. The van der Waals surface area contributed by atoms with Crippen LogP contribution in [0.2, 0.25) is 0 Å². The van der Waals surface area contributed by atoms with E-state index >= 15 is 0 Å². The minimum Gasteiger partial charge on any atom is -0.435 e. The predicted octanol–water partition coefficient (Wildman–Crippen LogP) is 3.62. The smallest absolute Gasteiger partial charge is 0.387 e. The van der Waals surface area contributed by atoms with Gasteiger partial charge in [-0.2, -0.15) is 8.78 Å². The fourth-order valence-electron chi connectivity index (χ4n) is 1.77. The average molecular weight is 328 g/mol. The number of benzene rings is 2. The quantitative estimate of drug-likeness (QED) is 0.797. The van der Waals surface area contributed by atoms with Crippen molar-refractivity contribution in [3.05, 3.63) is 54.1 Å². The second kappa shape index (κ2) is 7.48. The minimum absolute atomic E-state index is 0.00465. The zero-order valence-electron chi connectivity index (χ0n) is 11.7. The van der Waals surface area contributed by atoms with E-state index in [1.54, 1.807) is 0 Å². The number of nitrogens with one attached hydrogen (secondary N) is 2. The van der Waals surface area contributed by atoms with Crippen molar-refractivity contribution in [2.75, 3.05) is 17.2 Å². The van der Waals surface area contributed by atoms with E-state index in [9.17, 15) is 22.4 Å². The van der Waals surface area contributed by atoms with Crippen molar-refractivity contribution >= 4 is 17.3 Å². The molecule has 1 amide bonds. The van der Waals surface area contributed by atoms with E-state index in [0.717, 1.165) is 12.1 Å². The van der Waals surface area contributed by atoms with Gasteiger partial charge in [-0.1, -0.05) is 0 Å². The maximum Gasteiger partial charge on any atom is 0.387 e. The van der Waals surface area contributed by atoms with E-state index in [1.165, 1.54) is 24.3 Å². The molecule has 0 aliphatic rings. The second-order valence-electron chi connectivity index (χ2n) is 4.46. The Labute approximate surface area is 129 Å². The van der Waals surface area contributed by atoms with E-state index in [0.29, 0.717) is 11.8 Å². The molecule has 2 rings (SSSR count). The van der Waals surface area contributed by atoms with Gasteiger partial charge in [0, 0.05) is 17.4 Å². The number of rotatable bonds is 6. The first-order chi connectivity index (χ1) is 10.9. The van der Waals surface area contributed by atoms with Gasteiger partial charge in [0.2, 0.25) is 5.91 Å². The van der Waals surface area contributed by atoms with Crippen LogP contribution in [0, 0.1) is 11.6 Å². The molecule has 0 saturated heterocycles. The van der Waals surface area contributed by atoms with Gasteiger partial charge in [-0.05, 0) is 36.4 Å². The van der Waals surface area contributed by atoms with Crippen molar-refractivity contribution in [3.63, 3.8) is 0 Å². The lowest BCUT2D eigenvalue weighted by atomic mass is 10.3. The van der Waals surface area contributed by atoms with E-state index in [4.69, 9.17) is 0 Å². The van der Waals surface area contributed by atoms with Gasteiger partial charge in [0.1, 0.15) is 17.4 Å². The van der Waals surface area contributed by atoms with Crippen LogP contribution in [-0.2, 0) is 4.79 Å². The molecular formula is C15H12F4N2O2. The van der Waals surface area contributed by atoms with Gasteiger partial charge in [0.25, 0.3) is 0 Å². The molecule has 0 saturated carbocycles. The van der Waals surface area contributed by atoms with E-state index < -0.39 is 24.2 Å². The van der Waals surface area contributed by atoms with Crippen LogP contribution in [0.5, 0.6) is 5.75 Å². The largest absolute Gasteiger partial charge is 0.435 e. The van der Waals surface area contributed by atoms with E-state index in [-0.39, 0.29) is 18.0 Å². The van der Waals surface area contributed by atoms with Crippen molar-refractivity contribution < 1.29 is 27.1 Å². The molecule has 0 unspecified atom stereocenters. The van der Waals surface area contributed by atoms with Crippen molar-refractivity contribution in [1.82, 2.24) is 0 Å². The van der Waals surface area contributed by atoms with Gasteiger partial charge in [0.05, 0.1) is 6.54 Å². The highest BCUT2D eigenvalue weighted by Gasteiger charge is 2.06. The lowest BCUT2D eigenvalue weighted by Gasteiger charge is -2.09. The highest BCUT2D eigenvalue weighted by atomic mass is 19.3. The van der Waals surface area contributed by atoms with Crippen molar-refractivity contribution in [2.45, 2.75) is 6.61 Å². The van der Waals surface area contributed by atoms with Crippen LogP contribution in [0.15, 0.2) is 42.5 Å². The maximum absolute atomic E-state index is 13.0. The SMILES string of the molecule is O=C(CNc1ccc(OC(F)F)cc1)Nc1cc(F)cc(F)c1. The lowest BCUT2D eigenvalue weighted by molar-refractivity contribution is -0.114. The van der Waals surface area contributed by atoms with Gasteiger partial charge >= 0.3 is 6.61 Å². The molecule has 0 bridgehead atoms. The topological polar surface area (TPSA) is 50.4 Å². The standard InChI is InChI=1S/C15H12F4N2O2/c16-9-5-10(17)7-12(6-9)21-14(22)8-20-11-1-3-13(4-2-11)23-15(18)19/h1-7,15,20H,8H2,(H,21,22). The monoisotopic (exact) mass is 328 g/mol. The summed E-state index contributed by atoms with van der Waals surface area (Å²) in [6.07, 6.45) is 0. The van der Waals surface area contributed by atoms with Crippen molar-refractivity contribution in [1.29, 1.82) is 0 Å². The fraction of sp³-hybridized carbons (Fsp3) is 0.133. The first kappa shape index (κ1) is 16.6. The average Bonchev–Trinajstić information content (AvgIpc) is 2.45. The van der Waals surface area contributed by atoms with Gasteiger partial charge in [-0.15, -0.1) is 0 Å². The molecule has 4 nitrogen and oxygen atoms in total. The van der Waals surface area contributed by atoms with Crippen molar-refractivity contribution in [3.8, 4) is 5.75 Å². The third-order valence-electron chi connectivity index (χ3n) is 2.68. The van der Waals surface area contributed by atoms with Crippen LogP contribution < -0.4 is 15.4 Å². The van der Waals surface area contributed by atoms with Gasteiger partial charge < -0.3 is 15.4 Å². The van der Waals surface area contributed by atoms with E-state index in [1.807, 2.05) is 0 Å². The molecular weight excluding hydrogens is 316 g/mol. The Hall–Kier alpha value is -2.77. The molecule has 2 aromatic rings. The summed E-state index contributed by atoms with van der Waals surface area (Å²) in [6.45, 7) is -3.08. The number of hydrogen-bond acceptors (Lipinski definition) is 3. The number of carbonyl (C=O) groups excluding carboxylic acids is 1. The Morgan fingerprint density at radius 2 is 1.61 bits per heavy atom. The molecule has 0 atom stereocenters. The van der Waals surface area contributed by atoms with Gasteiger partial charge in [0.15, 0.2) is 0 Å². The minimum atomic E-state index is -2.91. The predicted molar refractivity (Wildman–Crippen MR) is 76.6 cm³/mol. The molecule has 2 aromatic carbocycles. The normalized spacial score (nSPS) is 10.5. The number of anilines is 2. The van der Waals surface area contributed by atoms with Crippen LogP contribution in [0.4, 0.5) is 28.9 Å². The summed E-state index contributed by atoms with van der Waals surface area (Å²) in [5.41, 5.74) is 0.488. The van der Waals surface area contributed by atoms with Gasteiger partial charge in [-0.25, -0.2) is 8.78 Å². The van der Waals surface area contributed by atoms with Gasteiger partial charge in [-0.3, -0.25) is 4.79 Å². The summed E-state index contributed by atoms with van der Waals surface area (Å²) < 4.78 is 54.1. The zero-order chi connectivity index (χ0) is 16.8. The number of carbonyl (C=O) groups is 1. The Morgan fingerprint density at radius 3 is 2.17 bits per heavy atom. The number of alkyl halides is 2. The highest BCUT2D eigenvalue weighted by Crippen LogP contribution is 2.17. The Balaban J connectivity index is 1.86. The number of amides is 1. The van der Waals surface area contributed by atoms with Crippen LogP contribution in [0.1, 0.15) is 0 Å². The lowest BCUT2D eigenvalue weighted by Crippen LogP contribution is -2.21. The summed E-state index contributed by atoms with van der Waals surface area (Å²) in [6, 6.07) is 8.19. The summed E-state index contributed by atoms with van der Waals surface area (Å²) in [5, 5.41) is 5.06. The molecule has 0 aliphatic heterocycles. The summed E-state index contributed by atoms with van der Waals surface area (Å²) >= 11 is 0. The molecule has 0 aromatic heterocycles. The third kappa shape index (κ3) is 5.50. The van der Waals surface area contributed by atoms with Crippen LogP contribution in [0.25, 0.3) is 0 Å². The van der Waals surface area contributed by atoms with Crippen LogP contribution in [-0.4, -0.2) is 19.1 Å². The number of hydrogen-bond donors (Lipinski definition) is 2. The molecule has 23 heavy (non-hydrogen) atoms. The Bertz CT molecular complexity index is 657. The summed E-state index contributed by atoms with van der Waals surface area (Å²) in [4.78, 5) is 11.7. The molecule has 0 aliphatic carbocycles. The summed E-state index contributed by atoms with van der Waals surface area (Å²) in [5.74, 6) is -2.14. The third-order valence-corrected chi connectivity index (χ3v) is 2.68. The zero-order valence-corrected chi connectivity index (χ0v) is 11.7. The van der Waals surface area contributed by atoms with Crippen LogP contribution >= 0.6 is 0 Å². The van der Waals surface area contributed by atoms with E-state index in [2.05, 4.69) is 15.4 Å². The maximum atomic E-state index is 13.0. The first-order valence-corrected chi connectivity index (χ1v) is 6.47. The highest BCUT2D eigenvalue weighted by molar-refractivity contribution is 5.93. The molecule has 122 valence electrons. The molecule has 0 radical (unpaired) electrons. The number of ether oxygens (including phenoxy) is 1. The summed E-state index contributed by atoms with van der Waals surface area (Å²) in [7, 11) is 0. The second-order valence-corrected chi connectivity index (χ2v) is 4.46. The Kier molecular flexibility index (Phi) is 5.40. The fourth-order valence-corrected chi connectivity index (χ4v) is 1.77. The molecule has 8 heteroatoms. The molecule has 0 spiro atoms.